The molecule has 0 N–H and O–H groups in total. The number of hydrogen-bond acceptors (Lipinski definition) is 1. The molecule has 0 heterocycles. The summed E-state index contributed by atoms with van der Waals surface area (Å²) in [6, 6.07) is 0. The summed E-state index contributed by atoms with van der Waals surface area (Å²) in [6.45, 7) is 5.44. The lowest BCUT2D eigenvalue weighted by molar-refractivity contribution is 0.0145. The van der Waals surface area contributed by atoms with E-state index >= 15 is 0 Å². The molecule has 2 saturated carbocycles. The predicted octanol–water partition coefficient (Wildman–Crippen LogP) is 7.30. The highest BCUT2D eigenvalue weighted by atomic mass is 16.5. The zero-order valence-electron chi connectivity index (χ0n) is 16.5. The molecule has 0 aromatic heterocycles. The van der Waals surface area contributed by atoms with Gasteiger partial charge < -0.3 is 4.74 Å². The third-order valence-corrected chi connectivity index (χ3v) is 6.48. The maximum absolute atomic E-state index is 6.10. The van der Waals surface area contributed by atoms with Crippen LogP contribution in [0.2, 0.25) is 0 Å². The first-order valence-electron chi connectivity index (χ1n) is 11.1. The molecule has 0 aliphatic heterocycles. The number of ether oxygens (including phenoxy) is 1. The Bertz CT molecular complexity index is 319. The Morgan fingerprint density at radius 2 is 1.42 bits per heavy atom. The fourth-order valence-corrected chi connectivity index (χ4v) is 4.78. The van der Waals surface area contributed by atoms with Crippen molar-refractivity contribution in [2.75, 3.05) is 6.61 Å². The molecule has 0 bridgehead atoms. The maximum Gasteiger partial charge on any atom is 0.0575 e. The monoisotopic (exact) mass is 334 g/mol. The van der Waals surface area contributed by atoms with Crippen molar-refractivity contribution in [2.24, 2.45) is 17.8 Å². The van der Waals surface area contributed by atoms with E-state index in [1.807, 2.05) is 0 Å². The Labute approximate surface area is 151 Å². The van der Waals surface area contributed by atoms with Crippen LogP contribution in [0.3, 0.4) is 0 Å². The molecule has 0 unspecified atom stereocenters. The summed E-state index contributed by atoms with van der Waals surface area (Å²) in [5.41, 5.74) is 0. The van der Waals surface area contributed by atoms with Gasteiger partial charge in [-0.15, -0.1) is 0 Å². The van der Waals surface area contributed by atoms with E-state index in [2.05, 4.69) is 26.0 Å². The first-order valence-corrected chi connectivity index (χ1v) is 11.1. The first kappa shape index (κ1) is 20.0. The Balaban J connectivity index is 1.49. The van der Waals surface area contributed by atoms with Gasteiger partial charge in [-0.2, -0.15) is 0 Å². The van der Waals surface area contributed by atoms with Gasteiger partial charge in [-0.3, -0.25) is 0 Å². The fourth-order valence-electron chi connectivity index (χ4n) is 4.78. The van der Waals surface area contributed by atoms with E-state index in [0.29, 0.717) is 6.10 Å². The Kier molecular flexibility index (Phi) is 10.1. The maximum atomic E-state index is 6.10. The van der Waals surface area contributed by atoms with Gasteiger partial charge in [0.1, 0.15) is 0 Å². The molecule has 0 aromatic rings. The van der Waals surface area contributed by atoms with Gasteiger partial charge in [-0.25, -0.2) is 0 Å². The molecule has 1 heteroatoms. The third-order valence-electron chi connectivity index (χ3n) is 6.48. The summed E-state index contributed by atoms with van der Waals surface area (Å²) in [4.78, 5) is 0. The largest absolute Gasteiger partial charge is 0.378 e. The van der Waals surface area contributed by atoms with Gasteiger partial charge in [0, 0.05) is 6.61 Å². The number of rotatable bonds is 10. The van der Waals surface area contributed by atoms with E-state index < -0.39 is 0 Å². The number of unbranched alkanes of at least 4 members (excludes halogenated alkanes) is 3. The summed E-state index contributed by atoms with van der Waals surface area (Å²) >= 11 is 0. The first-order chi connectivity index (χ1) is 11.8. The van der Waals surface area contributed by atoms with Crippen LogP contribution in [0.5, 0.6) is 0 Å². The lowest BCUT2D eigenvalue weighted by Gasteiger charge is -2.31. The van der Waals surface area contributed by atoms with E-state index in [9.17, 15) is 0 Å². The van der Waals surface area contributed by atoms with Crippen LogP contribution < -0.4 is 0 Å². The molecule has 140 valence electrons. The second-order valence-electron chi connectivity index (χ2n) is 8.46. The van der Waals surface area contributed by atoms with E-state index in [-0.39, 0.29) is 0 Å². The smallest absolute Gasteiger partial charge is 0.0575 e. The molecule has 0 spiro atoms. The van der Waals surface area contributed by atoms with Crippen molar-refractivity contribution in [3.8, 4) is 0 Å². The second kappa shape index (κ2) is 12.1. The van der Waals surface area contributed by atoms with Gasteiger partial charge in [-0.1, -0.05) is 51.2 Å². The Morgan fingerprint density at radius 3 is 2.00 bits per heavy atom. The molecule has 1 nitrogen and oxygen atoms in total. The lowest BCUT2D eigenvalue weighted by atomic mass is 9.77. The van der Waals surface area contributed by atoms with Crippen LogP contribution in [0.25, 0.3) is 0 Å². The molecule has 24 heavy (non-hydrogen) atoms. The summed E-state index contributed by atoms with van der Waals surface area (Å²) in [5, 5.41) is 0. The average molecular weight is 335 g/mol. The SMILES string of the molecule is C/C=C/[C@H]1CC[C@H](CC[C@H]2CC[C@H](OCCCCCC)CC2)CC1. The van der Waals surface area contributed by atoms with Crippen LogP contribution in [0.4, 0.5) is 0 Å². The normalized spacial score (nSPS) is 31.6. The topological polar surface area (TPSA) is 9.23 Å². The predicted molar refractivity (Wildman–Crippen MR) is 105 cm³/mol. The molecule has 0 saturated heterocycles. The number of hydrogen-bond donors (Lipinski definition) is 0. The molecular weight excluding hydrogens is 292 g/mol. The second-order valence-corrected chi connectivity index (χ2v) is 8.46. The fraction of sp³-hybridized carbons (Fsp3) is 0.913. The van der Waals surface area contributed by atoms with Crippen molar-refractivity contribution in [1.82, 2.24) is 0 Å². The van der Waals surface area contributed by atoms with Crippen molar-refractivity contribution >= 4 is 0 Å². The van der Waals surface area contributed by atoms with E-state index in [4.69, 9.17) is 4.74 Å². The van der Waals surface area contributed by atoms with Gasteiger partial charge in [0.2, 0.25) is 0 Å². The molecule has 2 aliphatic rings. The minimum Gasteiger partial charge on any atom is -0.378 e. The van der Waals surface area contributed by atoms with Gasteiger partial charge in [0.15, 0.2) is 0 Å². The van der Waals surface area contributed by atoms with Crippen LogP contribution >= 0.6 is 0 Å². The standard InChI is InChI=1S/C23H42O/c1-3-5-6-7-19-24-23-17-15-22(16-18-23)14-13-21-11-9-20(8-4-2)10-12-21/h4,8,20-23H,3,5-7,9-19H2,1-2H3/b8-4+/t20-,21-,22-,23-. The summed E-state index contributed by atoms with van der Waals surface area (Å²) in [5.74, 6) is 2.91. The van der Waals surface area contributed by atoms with E-state index in [0.717, 1.165) is 24.4 Å². The summed E-state index contributed by atoms with van der Waals surface area (Å²) in [6.07, 6.45) is 24.9. The molecule has 0 radical (unpaired) electrons. The quantitative estimate of drug-likeness (QED) is 0.301. The zero-order chi connectivity index (χ0) is 17.0. The minimum atomic E-state index is 0.583. The Hall–Kier alpha value is -0.300. The van der Waals surface area contributed by atoms with Gasteiger partial charge in [-0.05, 0) is 82.5 Å². The van der Waals surface area contributed by atoms with Gasteiger partial charge in [0.25, 0.3) is 0 Å². The zero-order valence-corrected chi connectivity index (χ0v) is 16.5. The van der Waals surface area contributed by atoms with Crippen LogP contribution in [0, 0.1) is 17.8 Å². The van der Waals surface area contributed by atoms with Crippen LogP contribution in [-0.4, -0.2) is 12.7 Å². The highest BCUT2D eigenvalue weighted by Crippen LogP contribution is 2.36. The van der Waals surface area contributed by atoms with Crippen molar-refractivity contribution in [1.29, 1.82) is 0 Å². The van der Waals surface area contributed by atoms with Crippen molar-refractivity contribution in [2.45, 2.75) is 110 Å². The molecular formula is C23H42O. The van der Waals surface area contributed by atoms with E-state index in [1.54, 1.807) is 0 Å². The van der Waals surface area contributed by atoms with Crippen LogP contribution in [0.15, 0.2) is 12.2 Å². The minimum absolute atomic E-state index is 0.583. The number of allylic oxidation sites excluding steroid dienone is 2. The summed E-state index contributed by atoms with van der Waals surface area (Å²) in [7, 11) is 0. The summed E-state index contributed by atoms with van der Waals surface area (Å²) < 4.78 is 6.10. The average Bonchev–Trinajstić information content (AvgIpc) is 2.62. The van der Waals surface area contributed by atoms with E-state index in [1.165, 1.54) is 89.9 Å². The molecule has 2 rings (SSSR count). The molecule has 0 atom stereocenters. The van der Waals surface area contributed by atoms with Gasteiger partial charge >= 0.3 is 0 Å². The molecule has 2 aliphatic carbocycles. The third kappa shape index (κ3) is 7.72. The molecule has 0 aromatic carbocycles. The van der Waals surface area contributed by atoms with Crippen molar-refractivity contribution in [3.63, 3.8) is 0 Å². The Morgan fingerprint density at radius 1 is 0.792 bits per heavy atom. The van der Waals surface area contributed by atoms with Crippen LogP contribution in [-0.2, 0) is 4.74 Å². The van der Waals surface area contributed by atoms with Gasteiger partial charge in [0.05, 0.1) is 6.10 Å². The highest BCUT2D eigenvalue weighted by molar-refractivity contribution is 4.89. The molecule has 2 fully saturated rings. The van der Waals surface area contributed by atoms with Crippen LogP contribution in [0.1, 0.15) is 104 Å². The molecule has 0 amide bonds. The highest BCUT2D eigenvalue weighted by Gasteiger charge is 2.24. The van der Waals surface area contributed by atoms with Crippen molar-refractivity contribution < 1.29 is 4.74 Å². The lowest BCUT2D eigenvalue weighted by Crippen LogP contribution is -2.23. The van der Waals surface area contributed by atoms with Crippen molar-refractivity contribution in [3.05, 3.63) is 12.2 Å².